The Morgan fingerprint density at radius 1 is 0.455 bits per heavy atom. The van der Waals surface area contributed by atoms with E-state index in [-0.39, 0.29) is 18.9 Å². The van der Waals surface area contributed by atoms with Crippen molar-refractivity contribution in [1.82, 2.24) is 5.32 Å². The van der Waals surface area contributed by atoms with Gasteiger partial charge in [0.15, 0.2) is 0 Å². The number of nitrogens with one attached hydrogen (secondary N) is 1. The second-order valence-corrected chi connectivity index (χ2v) is 17.1. The fraction of sp³-hybridized carbons (Fsp3) is 0.900. The number of amides is 1. The van der Waals surface area contributed by atoms with Gasteiger partial charge in [0, 0.05) is 0 Å². The van der Waals surface area contributed by atoms with Gasteiger partial charge < -0.3 is 20.6 Å². The van der Waals surface area contributed by atoms with Gasteiger partial charge in [0.25, 0.3) is 0 Å². The van der Waals surface area contributed by atoms with Crippen LogP contribution in [-0.4, -0.2) is 46.1 Å². The molecule has 0 aliphatic rings. The van der Waals surface area contributed by atoms with Crippen LogP contribution in [0.1, 0.15) is 264 Å². The van der Waals surface area contributed by atoms with E-state index in [1.54, 1.807) is 6.08 Å². The first-order chi connectivity index (χ1) is 27.0. The number of hydrogen-bond acceptors (Lipinski definition) is 4. The molecule has 0 aromatic heterocycles. The first-order valence-corrected chi connectivity index (χ1v) is 24.6. The van der Waals surface area contributed by atoms with Gasteiger partial charge in [-0.2, -0.15) is 0 Å². The molecule has 0 fully saturated rings. The summed E-state index contributed by atoms with van der Waals surface area (Å²) < 4.78 is 0. The quantitative estimate of drug-likeness (QED) is 0.0366. The number of carbonyl (C=O) groups is 1. The molecule has 0 aromatic carbocycles. The van der Waals surface area contributed by atoms with E-state index in [0.717, 1.165) is 25.7 Å². The maximum atomic E-state index is 12.4. The van der Waals surface area contributed by atoms with Gasteiger partial charge in [0.1, 0.15) is 0 Å². The van der Waals surface area contributed by atoms with Gasteiger partial charge in [-0.15, -0.1) is 0 Å². The van der Waals surface area contributed by atoms with Gasteiger partial charge in [0.05, 0.1) is 31.3 Å². The summed E-state index contributed by atoms with van der Waals surface area (Å²) in [6.07, 6.45) is 56.5. The second kappa shape index (κ2) is 45.5. The molecule has 5 nitrogen and oxygen atoms in total. The van der Waals surface area contributed by atoms with Gasteiger partial charge in [-0.3, -0.25) is 4.79 Å². The Labute approximate surface area is 343 Å². The zero-order valence-electron chi connectivity index (χ0n) is 37.1. The first kappa shape index (κ1) is 53.8. The lowest BCUT2D eigenvalue weighted by molar-refractivity contribution is -0.124. The summed E-state index contributed by atoms with van der Waals surface area (Å²) in [4.78, 5) is 12.4. The molecule has 0 saturated heterocycles. The third-order valence-electron chi connectivity index (χ3n) is 11.5. The van der Waals surface area contributed by atoms with E-state index in [0.29, 0.717) is 6.42 Å². The number of unbranched alkanes of at least 4 members (excludes halogenated alkanes) is 34. The Hall–Kier alpha value is -1.17. The van der Waals surface area contributed by atoms with Gasteiger partial charge in [-0.05, 0) is 44.9 Å². The minimum absolute atomic E-state index is 0.0160. The van der Waals surface area contributed by atoms with Crippen molar-refractivity contribution in [2.75, 3.05) is 6.61 Å². The normalized spacial score (nSPS) is 13.6. The van der Waals surface area contributed by atoms with E-state index >= 15 is 0 Å². The summed E-state index contributed by atoms with van der Waals surface area (Å²) in [6.45, 7) is 4.19. The van der Waals surface area contributed by atoms with Gasteiger partial charge in [0.2, 0.25) is 5.91 Å². The number of carbonyl (C=O) groups excluding carboxylic acids is 1. The summed E-state index contributed by atoms with van der Waals surface area (Å²) in [5.41, 5.74) is 0. The van der Waals surface area contributed by atoms with Crippen molar-refractivity contribution in [3.63, 3.8) is 0 Å². The van der Waals surface area contributed by atoms with Crippen molar-refractivity contribution < 1.29 is 20.1 Å². The molecular weight excluding hydrogens is 679 g/mol. The fourth-order valence-electron chi connectivity index (χ4n) is 7.69. The van der Waals surface area contributed by atoms with Crippen molar-refractivity contribution in [2.45, 2.75) is 283 Å². The molecule has 4 N–H and O–H groups in total. The highest BCUT2D eigenvalue weighted by Crippen LogP contribution is 2.16. The van der Waals surface area contributed by atoms with Crippen LogP contribution < -0.4 is 5.32 Å². The highest BCUT2D eigenvalue weighted by Gasteiger charge is 2.20. The van der Waals surface area contributed by atoms with Crippen LogP contribution >= 0.6 is 0 Å². The zero-order chi connectivity index (χ0) is 40.1. The maximum Gasteiger partial charge on any atom is 0.222 e. The largest absolute Gasteiger partial charge is 0.394 e. The highest BCUT2D eigenvalue weighted by atomic mass is 16.3. The van der Waals surface area contributed by atoms with Crippen LogP contribution in [0.25, 0.3) is 0 Å². The number of aliphatic hydroxyl groups excluding tert-OH is 3. The lowest BCUT2D eigenvalue weighted by Gasteiger charge is -2.21. The van der Waals surface area contributed by atoms with Crippen molar-refractivity contribution in [3.05, 3.63) is 24.3 Å². The lowest BCUT2D eigenvalue weighted by atomic mass is 10.0. The van der Waals surface area contributed by atoms with E-state index in [9.17, 15) is 20.1 Å². The topological polar surface area (TPSA) is 89.8 Å². The fourth-order valence-corrected chi connectivity index (χ4v) is 7.69. The molecule has 0 rings (SSSR count). The lowest BCUT2D eigenvalue weighted by Crippen LogP contribution is -2.45. The minimum Gasteiger partial charge on any atom is -0.394 e. The predicted octanol–water partition coefficient (Wildman–Crippen LogP) is 14.6. The zero-order valence-corrected chi connectivity index (χ0v) is 37.1. The smallest absolute Gasteiger partial charge is 0.222 e. The summed E-state index contributed by atoms with van der Waals surface area (Å²) in [5.74, 6) is -0.315. The average Bonchev–Trinajstić information content (AvgIpc) is 3.18. The summed E-state index contributed by atoms with van der Waals surface area (Å²) >= 11 is 0. The van der Waals surface area contributed by atoms with Gasteiger partial charge in [-0.1, -0.05) is 237 Å². The molecule has 0 aliphatic heterocycles. The maximum absolute atomic E-state index is 12.4. The highest BCUT2D eigenvalue weighted by molar-refractivity contribution is 5.76. The molecule has 55 heavy (non-hydrogen) atoms. The van der Waals surface area contributed by atoms with Gasteiger partial charge in [-0.25, -0.2) is 0 Å². The SMILES string of the molecule is CCCCCCCCC/C=C/C(O)C(CO)NC(=O)CC(O)CCCCCCCCCCCCCCCCC/C=C\CCCCCCCCCCCCCC. The van der Waals surface area contributed by atoms with E-state index in [1.165, 1.54) is 212 Å². The number of aliphatic hydroxyl groups is 3. The van der Waals surface area contributed by atoms with E-state index in [1.807, 2.05) is 6.08 Å². The van der Waals surface area contributed by atoms with Crippen molar-refractivity contribution >= 4 is 5.91 Å². The average molecular weight is 776 g/mol. The Bertz CT molecular complexity index is 814. The Morgan fingerprint density at radius 2 is 0.764 bits per heavy atom. The summed E-state index contributed by atoms with van der Waals surface area (Å²) in [5, 5.41) is 33.1. The van der Waals surface area contributed by atoms with E-state index < -0.39 is 18.2 Å². The van der Waals surface area contributed by atoms with Crippen LogP contribution in [0.2, 0.25) is 0 Å². The number of allylic oxidation sites excluding steroid dienone is 3. The van der Waals surface area contributed by atoms with Crippen molar-refractivity contribution in [1.29, 1.82) is 0 Å². The molecule has 0 bridgehead atoms. The first-order valence-electron chi connectivity index (χ1n) is 24.6. The Balaban J connectivity index is 3.47. The molecule has 0 radical (unpaired) electrons. The molecule has 0 spiro atoms. The third-order valence-corrected chi connectivity index (χ3v) is 11.5. The third kappa shape index (κ3) is 42.3. The molecule has 0 aromatic rings. The molecule has 3 atom stereocenters. The van der Waals surface area contributed by atoms with Crippen molar-refractivity contribution in [3.8, 4) is 0 Å². The van der Waals surface area contributed by atoms with Crippen LogP contribution in [0.5, 0.6) is 0 Å². The molecule has 3 unspecified atom stereocenters. The molecule has 1 amide bonds. The Morgan fingerprint density at radius 3 is 1.11 bits per heavy atom. The van der Waals surface area contributed by atoms with Crippen LogP contribution in [-0.2, 0) is 4.79 Å². The molecule has 326 valence electrons. The van der Waals surface area contributed by atoms with Crippen LogP contribution in [0.15, 0.2) is 24.3 Å². The minimum atomic E-state index is -0.924. The predicted molar refractivity (Wildman–Crippen MR) is 241 cm³/mol. The van der Waals surface area contributed by atoms with E-state index in [4.69, 9.17) is 0 Å². The summed E-state index contributed by atoms with van der Waals surface area (Å²) in [7, 11) is 0. The molecule has 5 heteroatoms. The second-order valence-electron chi connectivity index (χ2n) is 17.1. The molecule has 0 saturated carbocycles. The van der Waals surface area contributed by atoms with Crippen LogP contribution in [0, 0.1) is 0 Å². The van der Waals surface area contributed by atoms with Crippen molar-refractivity contribution in [2.24, 2.45) is 0 Å². The monoisotopic (exact) mass is 776 g/mol. The number of rotatable bonds is 45. The van der Waals surface area contributed by atoms with E-state index in [2.05, 4.69) is 31.3 Å². The molecule has 0 aliphatic carbocycles. The van der Waals surface area contributed by atoms with Crippen LogP contribution in [0.3, 0.4) is 0 Å². The Kier molecular flexibility index (Phi) is 44.6. The molecule has 0 heterocycles. The number of hydrogen-bond donors (Lipinski definition) is 4. The molecular formula is C50H97NO4. The van der Waals surface area contributed by atoms with Gasteiger partial charge >= 0.3 is 0 Å². The summed E-state index contributed by atoms with van der Waals surface area (Å²) in [6, 6.07) is -0.740. The standard InChI is InChI=1S/C50H97NO4/c1-3-5-7-9-11-13-14-15-16-17-18-19-20-21-22-23-24-25-26-27-28-29-30-31-32-33-34-36-37-39-41-43-47(53)45-50(55)51-48(46-52)49(54)44-42-40-38-35-12-10-8-6-4-2/h21-22,42,44,47-49,52-54H,3-20,23-41,43,45-46H2,1-2H3,(H,51,55)/b22-21-,44-42+. The van der Waals surface area contributed by atoms with Crippen LogP contribution in [0.4, 0.5) is 0 Å².